The molecular weight excluding hydrogens is 436 g/mol. The summed E-state index contributed by atoms with van der Waals surface area (Å²) in [4.78, 5) is 36.1. The molecule has 3 heterocycles. The minimum absolute atomic E-state index is 0.000906. The summed E-state index contributed by atoms with van der Waals surface area (Å²) >= 11 is 0. The van der Waals surface area contributed by atoms with Gasteiger partial charge in [0.05, 0.1) is 13.0 Å². The molecule has 180 valence electrons. The van der Waals surface area contributed by atoms with Gasteiger partial charge in [-0.3, -0.25) is 18.7 Å². The highest BCUT2D eigenvalue weighted by molar-refractivity contribution is 5.75. The van der Waals surface area contributed by atoms with Crippen LogP contribution in [-0.4, -0.2) is 56.4 Å². The van der Waals surface area contributed by atoms with E-state index in [2.05, 4.69) is 38.6 Å². The fraction of sp³-hybridized carbons (Fsp3) is 0.417. The number of anilines is 1. The summed E-state index contributed by atoms with van der Waals surface area (Å²) < 4.78 is 9.09. The van der Waals surface area contributed by atoms with Gasteiger partial charge in [-0.05, 0) is 26.3 Å². The SMILES string of the molecule is C=C(C)/C(Oc1nc2nc(N3CCNCC3)n(CC#CC)c2c(=O)n1C)=C(\C=C/C)CC(=O)O. The van der Waals surface area contributed by atoms with Crippen LogP contribution in [0.4, 0.5) is 5.95 Å². The Morgan fingerprint density at radius 1 is 1.32 bits per heavy atom. The minimum Gasteiger partial charge on any atom is -0.481 e. The molecule has 1 aliphatic heterocycles. The van der Waals surface area contributed by atoms with E-state index in [-0.39, 0.29) is 29.4 Å². The number of hydrogen-bond donors (Lipinski definition) is 2. The molecule has 0 atom stereocenters. The highest BCUT2D eigenvalue weighted by atomic mass is 16.5. The van der Waals surface area contributed by atoms with Crippen molar-refractivity contribution >= 4 is 23.1 Å². The van der Waals surface area contributed by atoms with Crippen LogP contribution in [0.5, 0.6) is 6.01 Å². The fourth-order valence-corrected chi connectivity index (χ4v) is 3.73. The first-order valence-corrected chi connectivity index (χ1v) is 11.0. The van der Waals surface area contributed by atoms with Crippen LogP contribution in [0.3, 0.4) is 0 Å². The van der Waals surface area contributed by atoms with Crippen molar-refractivity contribution in [3.05, 3.63) is 46.0 Å². The van der Waals surface area contributed by atoms with Gasteiger partial charge in [0, 0.05) is 38.8 Å². The van der Waals surface area contributed by atoms with Gasteiger partial charge in [-0.25, -0.2) is 0 Å². The molecule has 10 heteroatoms. The zero-order chi connectivity index (χ0) is 24.8. The number of rotatable bonds is 8. The van der Waals surface area contributed by atoms with Crippen molar-refractivity contribution in [1.29, 1.82) is 0 Å². The number of piperazine rings is 1. The van der Waals surface area contributed by atoms with E-state index in [1.54, 1.807) is 44.5 Å². The van der Waals surface area contributed by atoms with Crippen LogP contribution < -0.4 is 20.5 Å². The van der Waals surface area contributed by atoms with Crippen molar-refractivity contribution in [2.75, 3.05) is 31.1 Å². The van der Waals surface area contributed by atoms with Crippen LogP contribution >= 0.6 is 0 Å². The van der Waals surface area contributed by atoms with E-state index in [0.29, 0.717) is 29.2 Å². The summed E-state index contributed by atoms with van der Waals surface area (Å²) in [6, 6.07) is 0.000906. The van der Waals surface area contributed by atoms with Gasteiger partial charge >= 0.3 is 12.0 Å². The topological polar surface area (TPSA) is 115 Å². The number of ether oxygens (including phenoxy) is 1. The maximum atomic E-state index is 13.4. The molecule has 10 nitrogen and oxygen atoms in total. The first kappa shape index (κ1) is 24.8. The maximum Gasteiger partial charge on any atom is 0.307 e. The lowest BCUT2D eigenvalue weighted by molar-refractivity contribution is -0.136. The third-order valence-corrected chi connectivity index (χ3v) is 5.32. The van der Waals surface area contributed by atoms with Crippen molar-refractivity contribution < 1.29 is 14.6 Å². The van der Waals surface area contributed by atoms with Gasteiger partial charge in [0.15, 0.2) is 11.2 Å². The summed E-state index contributed by atoms with van der Waals surface area (Å²) in [5.74, 6) is 5.77. The molecule has 0 bridgehead atoms. The van der Waals surface area contributed by atoms with Gasteiger partial charge in [-0.15, -0.1) is 5.92 Å². The smallest absolute Gasteiger partial charge is 0.307 e. The summed E-state index contributed by atoms with van der Waals surface area (Å²) in [7, 11) is 1.56. The highest BCUT2D eigenvalue weighted by Gasteiger charge is 2.24. The van der Waals surface area contributed by atoms with E-state index in [1.807, 2.05) is 0 Å². The molecule has 1 fully saturated rings. The van der Waals surface area contributed by atoms with Crippen LogP contribution in [0.15, 0.2) is 40.4 Å². The highest BCUT2D eigenvalue weighted by Crippen LogP contribution is 2.25. The van der Waals surface area contributed by atoms with Crippen LogP contribution in [0, 0.1) is 11.8 Å². The van der Waals surface area contributed by atoms with Gasteiger partial charge in [-0.1, -0.05) is 24.7 Å². The number of imidazole rings is 1. The van der Waals surface area contributed by atoms with Crippen LogP contribution in [-0.2, 0) is 18.4 Å². The quantitative estimate of drug-likeness (QED) is 0.344. The third kappa shape index (κ3) is 5.21. The van der Waals surface area contributed by atoms with E-state index >= 15 is 0 Å². The Labute approximate surface area is 198 Å². The number of aliphatic carboxylic acids is 1. The first-order valence-electron chi connectivity index (χ1n) is 11.0. The Morgan fingerprint density at radius 2 is 2.03 bits per heavy atom. The standard InChI is InChI=1S/C24H30N6O4/c1-6-8-12-30-19-21(26-23(30)29-13-10-25-11-14-29)27-24(28(5)22(19)33)34-20(16(3)4)17(9-7-2)15-18(31)32/h7,9,25H,3,10-15H2,1-2,4-5H3,(H,31,32)/b9-7-,20-17-. The predicted octanol–water partition coefficient (Wildman–Crippen LogP) is 1.82. The number of carbonyl (C=O) groups is 1. The maximum absolute atomic E-state index is 13.4. The number of aromatic nitrogens is 4. The van der Waals surface area contributed by atoms with Crippen LogP contribution in [0.1, 0.15) is 27.2 Å². The van der Waals surface area contributed by atoms with Gasteiger partial charge in [0.1, 0.15) is 5.76 Å². The summed E-state index contributed by atoms with van der Waals surface area (Å²) in [6.45, 7) is 12.6. The first-order chi connectivity index (χ1) is 16.3. The summed E-state index contributed by atoms with van der Waals surface area (Å²) in [5.41, 5.74) is 1.18. The van der Waals surface area contributed by atoms with Crippen LogP contribution in [0.2, 0.25) is 0 Å². The largest absolute Gasteiger partial charge is 0.481 e. The molecule has 0 unspecified atom stereocenters. The Kier molecular flexibility index (Phi) is 7.91. The number of nitrogens with zero attached hydrogens (tertiary/aromatic N) is 5. The third-order valence-electron chi connectivity index (χ3n) is 5.32. The molecule has 2 aromatic heterocycles. The Bertz CT molecular complexity index is 1280. The van der Waals surface area contributed by atoms with E-state index in [1.165, 1.54) is 4.57 Å². The molecule has 1 aliphatic rings. The fourth-order valence-electron chi connectivity index (χ4n) is 3.73. The molecule has 0 saturated carbocycles. The van der Waals surface area contributed by atoms with Crippen molar-refractivity contribution in [3.63, 3.8) is 0 Å². The molecule has 34 heavy (non-hydrogen) atoms. The Hall–Kier alpha value is -3.84. The second kappa shape index (κ2) is 10.9. The molecule has 0 radical (unpaired) electrons. The zero-order valence-corrected chi connectivity index (χ0v) is 20.0. The molecule has 2 aromatic rings. The molecule has 0 aliphatic carbocycles. The molecule has 0 spiro atoms. The molecule has 0 amide bonds. The lowest BCUT2D eigenvalue weighted by atomic mass is 10.1. The van der Waals surface area contributed by atoms with Crippen molar-refractivity contribution in [1.82, 2.24) is 24.4 Å². The predicted molar refractivity (Wildman–Crippen MR) is 131 cm³/mol. The van der Waals surface area contributed by atoms with Gasteiger partial charge in [-0.2, -0.15) is 9.97 Å². The number of hydrogen-bond acceptors (Lipinski definition) is 7. The lowest BCUT2D eigenvalue weighted by Gasteiger charge is -2.28. The van der Waals surface area contributed by atoms with Crippen molar-refractivity contribution in [2.24, 2.45) is 7.05 Å². The minimum atomic E-state index is -1.01. The van der Waals surface area contributed by atoms with Crippen molar-refractivity contribution in [3.8, 4) is 17.9 Å². The van der Waals surface area contributed by atoms with Gasteiger partial charge in [0.25, 0.3) is 5.56 Å². The van der Waals surface area contributed by atoms with E-state index in [4.69, 9.17) is 4.74 Å². The molecule has 0 aromatic carbocycles. The van der Waals surface area contributed by atoms with E-state index in [0.717, 1.165) is 26.2 Å². The monoisotopic (exact) mass is 466 g/mol. The number of fused-ring (bicyclic) bond motifs is 1. The molecule has 3 rings (SSSR count). The molecule has 1 saturated heterocycles. The van der Waals surface area contributed by atoms with Gasteiger partial charge < -0.3 is 20.1 Å². The average Bonchev–Trinajstić information content (AvgIpc) is 3.17. The molecule has 2 N–H and O–H groups in total. The Balaban J connectivity index is 2.18. The van der Waals surface area contributed by atoms with E-state index < -0.39 is 5.97 Å². The average molecular weight is 467 g/mol. The number of nitrogens with one attached hydrogen (secondary N) is 1. The normalized spacial score (nSPS) is 14.6. The molecular formula is C24H30N6O4. The number of carboxylic acids is 1. The number of allylic oxidation sites excluding steroid dienone is 3. The Morgan fingerprint density at radius 3 is 2.62 bits per heavy atom. The van der Waals surface area contributed by atoms with Gasteiger partial charge in [0.2, 0.25) is 5.95 Å². The summed E-state index contributed by atoms with van der Waals surface area (Å²) in [6.07, 6.45) is 3.10. The summed E-state index contributed by atoms with van der Waals surface area (Å²) in [5, 5.41) is 12.6. The zero-order valence-electron chi connectivity index (χ0n) is 20.0. The number of carboxylic acid groups (broad SMARTS) is 1. The van der Waals surface area contributed by atoms with Crippen LogP contribution in [0.25, 0.3) is 11.2 Å². The van der Waals surface area contributed by atoms with E-state index in [9.17, 15) is 14.7 Å². The van der Waals surface area contributed by atoms with Crippen molar-refractivity contribution in [2.45, 2.75) is 33.7 Å². The second-order valence-corrected chi connectivity index (χ2v) is 7.90. The second-order valence-electron chi connectivity index (χ2n) is 7.90. The lowest BCUT2D eigenvalue weighted by Crippen LogP contribution is -2.44.